The molecule has 0 saturated carbocycles. The smallest absolute Gasteiger partial charge is 0.346 e. The number of esters is 2. The van der Waals surface area contributed by atoms with Crippen molar-refractivity contribution in [3.05, 3.63) is 155 Å². The number of ether oxygens (including phenoxy) is 4. The van der Waals surface area contributed by atoms with Gasteiger partial charge in [-0.3, -0.25) is 0 Å². The van der Waals surface area contributed by atoms with Crippen LogP contribution in [0.1, 0.15) is 13.8 Å². The molecule has 0 aromatic heterocycles. The third-order valence-electron chi connectivity index (χ3n) is 9.52. The van der Waals surface area contributed by atoms with Gasteiger partial charge >= 0.3 is 11.9 Å². The lowest BCUT2D eigenvalue weighted by Gasteiger charge is -2.30. The number of hydrogen-bond donors (Lipinski definition) is 0. The van der Waals surface area contributed by atoms with E-state index in [1.807, 2.05) is 0 Å². The Hall–Kier alpha value is -5.38. The summed E-state index contributed by atoms with van der Waals surface area (Å²) in [5, 5.41) is -0.570. The monoisotopic (exact) mass is 898 g/mol. The summed E-state index contributed by atoms with van der Waals surface area (Å²) < 4.78 is 113. The summed E-state index contributed by atoms with van der Waals surface area (Å²) in [6.45, 7) is 2.69. The Morgan fingerprint density at radius 3 is 0.950 bits per heavy atom. The van der Waals surface area contributed by atoms with Crippen LogP contribution in [0.25, 0.3) is 11.1 Å². The molecule has 6 aromatic carbocycles. The van der Waals surface area contributed by atoms with Crippen LogP contribution in [0.5, 0.6) is 11.5 Å². The Morgan fingerprint density at radius 2 is 0.717 bits per heavy atom. The Kier molecular flexibility index (Phi) is 13.3. The number of rotatable bonds is 13. The zero-order valence-corrected chi connectivity index (χ0v) is 35.4. The van der Waals surface area contributed by atoms with Crippen LogP contribution < -0.4 is 41.3 Å². The van der Waals surface area contributed by atoms with E-state index in [1.54, 1.807) is 0 Å². The second-order valence-corrected chi connectivity index (χ2v) is 19.5. The number of methoxy groups -OCH3 is 2. The molecular weight excluding hydrogens is 865 g/mol. The fourth-order valence-electron chi connectivity index (χ4n) is 6.57. The van der Waals surface area contributed by atoms with Gasteiger partial charge in [0.2, 0.25) is 0 Å². The standard InChI is InChI=1S/C44H34Cl2F4O8P2/c1-25(43(51)55-3)57-41-35(45)21-23-37(59(53,31-13-5-27(47)6-14-31)32-15-7-28(48)8-16-32)39(41)40-38(24-22-36(46)42(40)58-26(2)44(52)56-4)60(54,33-17-9-29(49)10-18-33)34-19-11-30(50)12-20-34/h5-26H,1-4H3/t25-,26?/m0/s1. The predicted molar refractivity (Wildman–Crippen MR) is 225 cm³/mol. The lowest BCUT2D eigenvalue weighted by Crippen LogP contribution is -2.32. The molecule has 60 heavy (non-hydrogen) atoms. The van der Waals surface area contributed by atoms with Crippen LogP contribution in [0.3, 0.4) is 0 Å². The Bertz CT molecular complexity index is 2380. The molecule has 0 radical (unpaired) electrons. The molecule has 0 amide bonds. The highest BCUT2D eigenvalue weighted by molar-refractivity contribution is 7.86. The van der Waals surface area contributed by atoms with Crippen molar-refractivity contribution in [1.29, 1.82) is 0 Å². The van der Waals surface area contributed by atoms with Crippen molar-refractivity contribution < 1.29 is 55.2 Å². The third kappa shape index (κ3) is 8.48. The Labute approximate surface area is 352 Å². The lowest BCUT2D eigenvalue weighted by molar-refractivity contribution is -0.148. The SMILES string of the molecule is COC(=O)C(C)Oc1c(Cl)ccc(P(=O)(c2ccc(F)cc2)c2ccc(F)cc2)c1-c1c(P(=O)(c2ccc(F)cc2)c2ccc(F)cc2)ccc(Cl)c1O[C@@H](C)C(=O)OC. The van der Waals surface area contributed by atoms with Gasteiger partial charge in [-0.25, -0.2) is 27.2 Å². The van der Waals surface area contributed by atoms with E-state index >= 15 is 9.13 Å². The fraction of sp³-hybridized carbons (Fsp3) is 0.136. The van der Waals surface area contributed by atoms with E-state index in [2.05, 4.69) is 0 Å². The van der Waals surface area contributed by atoms with Crippen LogP contribution >= 0.6 is 37.5 Å². The lowest BCUT2D eigenvalue weighted by atomic mass is 10.0. The summed E-state index contributed by atoms with van der Waals surface area (Å²) in [7, 11) is -6.62. The topological polar surface area (TPSA) is 105 Å². The first-order valence-corrected chi connectivity index (χ1v) is 22.1. The first-order chi connectivity index (χ1) is 28.5. The molecule has 0 spiro atoms. The minimum Gasteiger partial charge on any atom is -0.477 e. The van der Waals surface area contributed by atoms with Gasteiger partial charge in [0.05, 0.1) is 24.3 Å². The van der Waals surface area contributed by atoms with Crippen molar-refractivity contribution in [2.45, 2.75) is 26.1 Å². The molecule has 0 aliphatic carbocycles. The summed E-state index contributed by atoms with van der Waals surface area (Å²) in [4.78, 5) is 25.9. The van der Waals surface area contributed by atoms with Gasteiger partial charge in [0, 0.05) is 43.0 Å². The zero-order chi connectivity index (χ0) is 43.5. The molecule has 0 fully saturated rings. The summed E-state index contributed by atoms with van der Waals surface area (Å²) in [6, 6.07) is 24.1. The Balaban J connectivity index is 1.89. The molecule has 16 heteroatoms. The maximum Gasteiger partial charge on any atom is 0.346 e. The van der Waals surface area contributed by atoms with Gasteiger partial charge in [0.25, 0.3) is 0 Å². The van der Waals surface area contributed by atoms with Crippen LogP contribution in [0.4, 0.5) is 17.6 Å². The molecule has 6 aromatic rings. The quantitative estimate of drug-likeness (QED) is 0.0648. The van der Waals surface area contributed by atoms with Gasteiger partial charge < -0.3 is 28.1 Å². The normalized spacial score (nSPS) is 12.6. The summed E-state index contributed by atoms with van der Waals surface area (Å²) in [5.74, 6) is -5.09. The second-order valence-electron chi connectivity index (χ2n) is 13.2. The van der Waals surface area contributed by atoms with Crippen LogP contribution in [0.2, 0.25) is 10.0 Å². The maximum absolute atomic E-state index is 16.4. The molecule has 0 N–H and O–H groups in total. The highest BCUT2D eigenvalue weighted by Gasteiger charge is 2.42. The van der Waals surface area contributed by atoms with Gasteiger partial charge in [-0.05, 0) is 135 Å². The minimum absolute atomic E-state index is 0.0280. The molecule has 0 aliphatic heterocycles. The first-order valence-electron chi connectivity index (χ1n) is 17.9. The van der Waals surface area contributed by atoms with Crippen LogP contribution in [-0.4, -0.2) is 38.4 Å². The van der Waals surface area contributed by atoms with Crippen molar-refractivity contribution in [2.24, 2.45) is 0 Å². The fourth-order valence-corrected chi connectivity index (χ4v) is 12.6. The van der Waals surface area contributed by atoms with Gasteiger partial charge in [-0.1, -0.05) is 23.2 Å². The average molecular weight is 900 g/mol. The number of carbonyl (C=O) groups excluding carboxylic acids is 2. The Morgan fingerprint density at radius 1 is 0.467 bits per heavy atom. The van der Waals surface area contributed by atoms with Crippen molar-refractivity contribution in [2.75, 3.05) is 14.2 Å². The molecule has 0 saturated heterocycles. The van der Waals surface area contributed by atoms with Crippen molar-refractivity contribution in [3.63, 3.8) is 0 Å². The third-order valence-corrected chi connectivity index (χ3v) is 16.3. The molecule has 8 nitrogen and oxygen atoms in total. The minimum atomic E-state index is -4.43. The van der Waals surface area contributed by atoms with Crippen molar-refractivity contribution in [3.8, 4) is 22.6 Å². The first kappa shape index (κ1) is 44.2. The van der Waals surface area contributed by atoms with E-state index < -0.39 is 61.7 Å². The summed E-state index contributed by atoms with van der Waals surface area (Å²) in [5.41, 5.74) is -0.492. The summed E-state index contributed by atoms with van der Waals surface area (Å²) >= 11 is 13.9. The van der Waals surface area contributed by atoms with Crippen molar-refractivity contribution >= 4 is 81.3 Å². The molecular formula is C44H34Cl2F4O8P2. The molecule has 310 valence electrons. The van der Waals surface area contributed by atoms with Gasteiger partial charge in [0.1, 0.15) is 34.8 Å². The number of carbonyl (C=O) groups is 2. The number of benzene rings is 6. The molecule has 0 heterocycles. The van der Waals surface area contributed by atoms with Gasteiger partial charge in [-0.2, -0.15) is 0 Å². The molecule has 0 aliphatic rings. The van der Waals surface area contributed by atoms with Gasteiger partial charge in [-0.15, -0.1) is 0 Å². The van der Waals surface area contributed by atoms with E-state index in [4.69, 9.17) is 42.1 Å². The maximum atomic E-state index is 16.4. The van der Waals surface area contributed by atoms with Crippen LogP contribution in [0.15, 0.2) is 121 Å². The largest absolute Gasteiger partial charge is 0.477 e. The predicted octanol–water partition coefficient (Wildman–Crippen LogP) is 8.38. The van der Waals surface area contributed by atoms with Crippen LogP contribution in [0, 0.1) is 23.3 Å². The highest BCUT2D eigenvalue weighted by atomic mass is 35.5. The highest BCUT2D eigenvalue weighted by Crippen LogP contribution is 2.55. The average Bonchev–Trinajstić information content (AvgIpc) is 3.24. The molecule has 6 rings (SSSR count). The van der Waals surface area contributed by atoms with E-state index in [-0.39, 0.29) is 64.5 Å². The molecule has 0 bridgehead atoms. The zero-order valence-electron chi connectivity index (χ0n) is 32.1. The number of halogens is 6. The summed E-state index contributed by atoms with van der Waals surface area (Å²) in [6.07, 6.45) is -2.83. The van der Waals surface area contributed by atoms with E-state index in [9.17, 15) is 27.2 Å². The van der Waals surface area contributed by atoms with E-state index in [0.717, 1.165) is 62.8 Å². The van der Waals surface area contributed by atoms with Crippen LogP contribution in [-0.2, 0) is 28.2 Å². The second kappa shape index (κ2) is 18.1. The number of hydrogen-bond acceptors (Lipinski definition) is 8. The van der Waals surface area contributed by atoms with E-state index in [0.29, 0.717) is 0 Å². The van der Waals surface area contributed by atoms with Crippen molar-refractivity contribution in [1.82, 2.24) is 0 Å². The molecule has 2 atom stereocenters. The van der Waals surface area contributed by atoms with Gasteiger partial charge in [0.15, 0.2) is 26.5 Å². The van der Waals surface area contributed by atoms with E-state index in [1.165, 1.54) is 86.6 Å². The molecule has 1 unspecified atom stereocenters.